The number of halogens is 1. The minimum absolute atomic E-state index is 0.0745. The fourth-order valence-electron chi connectivity index (χ4n) is 4.01. The number of hydrogen-bond acceptors (Lipinski definition) is 4. The molecule has 2 aromatic carbocycles. The Kier molecular flexibility index (Phi) is 6.88. The Morgan fingerprint density at radius 2 is 1.91 bits per heavy atom. The van der Waals surface area contributed by atoms with Crippen LogP contribution in [0.15, 0.2) is 72.9 Å². The molecule has 1 aliphatic rings. The van der Waals surface area contributed by atoms with E-state index in [0.29, 0.717) is 36.3 Å². The maximum atomic E-state index is 13.0. The van der Waals surface area contributed by atoms with Crippen molar-refractivity contribution in [2.75, 3.05) is 0 Å². The summed E-state index contributed by atoms with van der Waals surface area (Å²) in [5, 5.41) is 14.5. The highest BCUT2D eigenvalue weighted by molar-refractivity contribution is 6.30. The zero-order valence-electron chi connectivity index (χ0n) is 17.9. The van der Waals surface area contributed by atoms with Gasteiger partial charge in [-0.3, -0.25) is 14.6 Å². The molecule has 1 saturated carbocycles. The minimum Gasteiger partial charge on any atom is -0.378 e. The second kappa shape index (κ2) is 9.99. The quantitative estimate of drug-likeness (QED) is 0.448. The number of hydrogen-bond donors (Lipinski definition) is 2. The van der Waals surface area contributed by atoms with E-state index < -0.39 is 11.5 Å². The molecule has 1 amide bonds. The second-order valence-electron chi connectivity index (χ2n) is 8.15. The monoisotopic (exact) mass is 458 g/mol. The Balaban J connectivity index is 1.49. The molecule has 5 nitrogen and oxygen atoms in total. The van der Waals surface area contributed by atoms with Gasteiger partial charge in [0.2, 0.25) is 0 Å². The van der Waals surface area contributed by atoms with Gasteiger partial charge < -0.3 is 10.4 Å². The lowest BCUT2D eigenvalue weighted by molar-refractivity contribution is 0.0451. The molecule has 1 aromatic heterocycles. The summed E-state index contributed by atoms with van der Waals surface area (Å²) < 4.78 is 0. The lowest BCUT2D eigenvalue weighted by atomic mass is 9.82. The van der Waals surface area contributed by atoms with Crippen molar-refractivity contribution in [2.45, 2.75) is 37.3 Å². The molecule has 0 spiro atoms. The fourth-order valence-corrected chi connectivity index (χ4v) is 4.20. The molecule has 166 valence electrons. The van der Waals surface area contributed by atoms with Crippen molar-refractivity contribution in [3.8, 4) is 11.8 Å². The summed E-state index contributed by atoms with van der Waals surface area (Å²) in [5.74, 6) is 5.25. The summed E-state index contributed by atoms with van der Waals surface area (Å²) in [5.41, 5.74) is 0.312. The fraction of sp³-hybridized carbons (Fsp3) is 0.222. The van der Waals surface area contributed by atoms with Crippen LogP contribution < -0.4 is 5.32 Å². The maximum Gasteiger partial charge on any atom is 0.270 e. The first-order valence-electron chi connectivity index (χ1n) is 10.8. The van der Waals surface area contributed by atoms with Crippen molar-refractivity contribution in [1.29, 1.82) is 0 Å². The molecular formula is C27H23ClN2O3. The second-order valence-corrected chi connectivity index (χ2v) is 8.59. The van der Waals surface area contributed by atoms with Crippen molar-refractivity contribution in [3.05, 3.63) is 100 Å². The highest BCUT2D eigenvalue weighted by Crippen LogP contribution is 2.28. The van der Waals surface area contributed by atoms with E-state index in [-0.39, 0.29) is 23.1 Å². The Bertz CT molecular complexity index is 1230. The minimum atomic E-state index is -1.22. The highest BCUT2D eigenvalue weighted by Gasteiger charge is 2.34. The number of rotatable bonds is 4. The summed E-state index contributed by atoms with van der Waals surface area (Å²) in [6, 6.07) is 18.9. The Morgan fingerprint density at radius 3 is 2.70 bits per heavy atom. The van der Waals surface area contributed by atoms with Gasteiger partial charge in [-0.25, -0.2) is 0 Å². The highest BCUT2D eigenvalue weighted by atomic mass is 35.5. The van der Waals surface area contributed by atoms with E-state index in [2.05, 4.69) is 22.1 Å². The maximum absolute atomic E-state index is 13.0. The van der Waals surface area contributed by atoms with Gasteiger partial charge in [0.15, 0.2) is 5.78 Å². The molecule has 1 heterocycles. The summed E-state index contributed by atoms with van der Waals surface area (Å²) in [6.07, 6.45) is 3.73. The predicted octanol–water partition coefficient (Wildman–Crippen LogP) is 4.42. The predicted molar refractivity (Wildman–Crippen MR) is 127 cm³/mol. The average Bonchev–Trinajstić information content (AvgIpc) is 2.83. The first kappa shape index (κ1) is 22.7. The topological polar surface area (TPSA) is 79.3 Å². The van der Waals surface area contributed by atoms with Crippen LogP contribution in [0.5, 0.6) is 0 Å². The largest absolute Gasteiger partial charge is 0.378 e. The zero-order valence-corrected chi connectivity index (χ0v) is 18.7. The Labute approximate surface area is 197 Å². The molecular weight excluding hydrogens is 436 g/mol. The van der Waals surface area contributed by atoms with Gasteiger partial charge in [0, 0.05) is 34.8 Å². The van der Waals surface area contributed by atoms with Crippen LogP contribution in [0.2, 0.25) is 5.02 Å². The van der Waals surface area contributed by atoms with Crippen molar-refractivity contribution >= 4 is 23.3 Å². The summed E-state index contributed by atoms with van der Waals surface area (Å²) in [4.78, 5) is 30.1. The third-order valence-electron chi connectivity index (χ3n) is 5.63. The number of aromatic nitrogens is 1. The number of benzene rings is 2. The number of amides is 1. The number of nitrogens with one attached hydrogen (secondary N) is 1. The van der Waals surface area contributed by atoms with Crippen LogP contribution in [0.3, 0.4) is 0 Å². The first-order valence-corrected chi connectivity index (χ1v) is 11.2. The smallest absolute Gasteiger partial charge is 0.270 e. The normalized spacial score (nSPS) is 19.8. The van der Waals surface area contributed by atoms with Gasteiger partial charge in [-0.15, -0.1) is 0 Å². The van der Waals surface area contributed by atoms with Gasteiger partial charge in [-0.2, -0.15) is 0 Å². The molecule has 33 heavy (non-hydrogen) atoms. The third kappa shape index (κ3) is 5.67. The van der Waals surface area contributed by atoms with Gasteiger partial charge in [0.25, 0.3) is 5.91 Å². The summed E-state index contributed by atoms with van der Waals surface area (Å²) in [7, 11) is 0. The van der Waals surface area contributed by atoms with Gasteiger partial charge in [-0.05, 0) is 49.6 Å². The summed E-state index contributed by atoms with van der Waals surface area (Å²) >= 11 is 6.01. The van der Waals surface area contributed by atoms with Crippen LogP contribution in [0.4, 0.5) is 0 Å². The molecule has 4 rings (SSSR count). The number of ketones is 1. The molecule has 6 heteroatoms. The molecule has 1 aliphatic carbocycles. The number of carbonyl (C=O) groups is 2. The number of pyridine rings is 1. The Morgan fingerprint density at radius 1 is 1.09 bits per heavy atom. The molecule has 2 atom stereocenters. The number of nitrogens with zero attached hydrogens (tertiary/aromatic N) is 1. The van der Waals surface area contributed by atoms with Crippen molar-refractivity contribution in [2.24, 2.45) is 0 Å². The molecule has 0 bridgehead atoms. The number of aliphatic hydroxyl groups is 1. The van der Waals surface area contributed by atoms with Crippen molar-refractivity contribution in [1.82, 2.24) is 10.3 Å². The molecule has 1 unspecified atom stereocenters. The molecule has 3 aromatic rings. The molecule has 1 fully saturated rings. The van der Waals surface area contributed by atoms with Crippen LogP contribution in [-0.2, 0) is 0 Å². The molecule has 0 radical (unpaired) electrons. The van der Waals surface area contributed by atoms with E-state index in [0.717, 1.165) is 5.56 Å². The number of carbonyl (C=O) groups excluding carboxylic acids is 2. The van der Waals surface area contributed by atoms with Gasteiger partial charge in [0.1, 0.15) is 11.3 Å². The average molecular weight is 459 g/mol. The Hall–Kier alpha value is -3.46. The van der Waals surface area contributed by atoms with E-state index in [4.69, 9.17) is 11.6 Å². The van der Waals surface area contributed by atoms with Gasteiger partial charge in [0.05, 0.1) is 5.56 Å². The molecule has 2 N–H and O–H groups in total. The van der Waals surface area contributed by atoms with Crippen LogP contribution in [-0.4, -0.2) is 33.4 Å². The van der Waals surface area contributed by atoms with E-state index >= 15 is 0 Å². The molecule has 0 aliphatic heterocycles. The van der Waals surface area contributed by atoms with Crippen LogP contribution >= 0.6 is 11.6 Å². The summed E-state index contributed by atoms with van der Waals surface area (Å²) in [6.45, 7) is 0. The van der Waals surface area contributed by atoms with Crippen LogP contribution in [0.1, 0.15) is 57.7 Å². The SMILES string of the molecule is O=C(c1ccccc1)c1cccnc1C(=O)N[C@H]1CCCC(O)(C#Cc2cccc(Cl)c2)C1. The van der Waals surface area contributed by atoms with Gasteiger partial charge in [-0.1, -0.05) is 59.8 Å². The van der Waals surface area contributed by atoms with E-state index in [1.807, 2.05) is 18.2 Å². The third-order valence-corrected chi connectivity index (χ3v) is 5.86. The lowest BCUT2D eigenvalue weighted by Gasteiger charge is -2.33. The molecule has 0 saturated heterocycles. The van der Waals surface area contributed by atoms with Crippen molar-refractivity contribution in [3.63, 3.8) is 0 Å². The van der Waals surface area contributed by atoms with Crippen LogP contribution in [0, 0.1) is 11.8 Å². The van der Waals surface area contributed by atoms with Gasteiger partial charge >= 0.3 is 0 Å². The van der Waals surface area contributed by atoms with Crippen LogP contribution in [0.25, 0.3) is 0 Å². The van der Waals surface area contributed by atoms with E-state index in [9.17, 15) is 14.7 Å². The van der Waals surface area contributed by atoms with E-state index in [1.165, 1.54) is 6.20 Å². The first-order chi connectivity index (χ1) is 15.9. The zero-order chi connectivity index (χ0) is 23.3. The van der Waals surface area contributed by atoms with Crippen molar-refractivity contribution < 1.29 is 14.7 Å². The standard InChI is InChI=1S/C27H23ClN2O3/c28-21-10-4-7-19(17-21)13-15-27(33)14-5-11-22(18-27)30-26(32)24-23(12-6-16-29-24)25(31)20-8-2-1-3-9-20/h1-4,6-10,12,16-17,22,33H,5,11,14,18H2,(H,30,32)/t22-,27?/m0/s1. The van der Waals surface area contributed by atoms with E-state index in [1.54, 1.807) is 48.5 Å². The lowest BCUT2D eigenvalue weighted by Crippen LogP contribution is -2.45.